The maximum absolute atomic E-state index is 13.1. The van der Waals surface area contributed by atoms with Gasteiger partial charge in [0.2, 0.25) is 5.91 Å². The zero-order chi connectivity index (χ0) is 21.5. The molecule has 0 bridgehead atoms. The molecule has 0 unspecified atom stereocenters. The molecule has 30 heavy (non-hydrogen) atoms. The van der Waals surface area contributed by atoms with Crippen molar-refractivity contribution in [3.8, 4) is 5.75 Å². The molecule has 0 saturated heterocycles. The summed E-state index contributed by atoms with van der Waals surface area (Å²) in [4.78, 5) is 27.9. The van der Waals surface area contributed by atoms with E-state index in [4.69, 9.17) is 16.3 Å². The van der Waals surface area contributed by atoms with Gasteiger partial charge in [0.05, 0.1) is 24.2 Å². The Labute approximate surface area is 183 Å². The van der Waals surface area contributed by atoms with Gasteiger partial charge in [-0.1, -0.05) is 17.7 Å². The monoisotopic (exact) mass is 446 g/mol. The number of carbonyl (C=O) groups is 2. The van der Waals surface area contributed by atoms with Gasteiger partial charge in [-0.2, -0.15) is 0 Å². The normalized spacial score (nSPS) is 10.5. The first-order valence-electron chi connectivity index (χ1n) is 9.18. The Morgan fingerprint density at radius 2 is 1.93 bits per heavy atom. The first-order valence-corrected chi connectivity index (χ1v) is 10.4. The molecular formula is C22H20ClFN2O3S. The molecule has 0 fully saturated rings. The summed E-state index contributed by atoms with van der Waals surface area (Å²) in [7, 11) is 1.58. The van der Waals surface area contributed by atoms with E-state index in [1.54, 1.807) is 35.5 Å². The summed E-state index contributed by atoms with van der Waals surface area (Å²) in [5.74, 6) is -0.415. The van der Waals surface area contributed by atoms with Crippen LogP contribution in [-0.2, 0) is 11.3 Å². The average Bonchev–Trinajstić information content (AvgIpc) is 3.25. The van der Waals surface area contributed by atoms with Gasteiger partial charge in [0.25, 0.3) is 5.91 Å². The number of methoxy groups -OCH3 is 1. The van der Waals surface area contributed by atoms with Crippen LogP contribution in [0.2, 0.25) is 5.02 Å². The molecule has 0 aliphatic rings. The number of hydrogen-bond acceptors (Lipinski definition) is 4. The van der Waals surface area contributed by atoms with Crippen molar-refractivity contribution < 1.29 is 18.7 Å². The van der Waals surface area contributed by atoms with Crippen molar-refractivity contribution >= 4 is 40.4 Å². The van der Waals surface area contributed by atoms with Crippen LogP contribution in [0.4, 0.5) is 10.1 Å². The summed E-state index contributed by atoms with van der Waals surface area (Å²) in [5, 5.41) is 4.64. The fourth-order valence-electron chi connectivity index (χ4n) is 2.83. The predicted octanol–water partition coefficient (Wildman–Crippen LogP) is 4.90. The quantitative estimate of drug-likeness (QED) is 0.535. The molecule has 0 aliphatic carbocycles. The highest BCUT2D eigenvalue weighted by Gasteiger charge is 2.18. The standard InChI is InChI=1S/C22H20ClFN2O3S/c1-29-17-7-5-16(6-8-17)26(14-18-3-2-12-30-18)21(27)10-11-25-22(28)19-9-4-15(24)13-20(19)23/h2-9,12-13H,10-11,14H2,1H3,(H,25,28). The molecule has 0 saturated carbocycles. The number of rotatable bonds is 8. The van der Waals surface area contributed by atoms with Crippen LogP contribution < -0.4 is 15.0 Å². The second-order valence-electron chi connectivity index (χ2n) is 6.39. The molecule has 0 atom stereocenters. The summed E-state index contributed by atoms with van der Waals surface area (Å²) in [6.07, 6.45) is 0.0992. The number of nitrogens with one attached hydrogen (secondary N) is 1. The maximum atomic E-state index is 13.1. The van der Waals surface area contributed by atoms with Crippen LogP contribution in [0.15, 0.2) is 60.0 Å². The van der Waals surface area contributed by atoms with Gasteiger partial charge in [0.15, 0.2) is 0 Å². The summed E-state index contributed by atoms with van der Waals surface area (Å²) >= 11 is 7.48. The van der Waals surface area contributed by atoms with Crippen molar-refractivity contribution in [2.45, 2.75) is 13.0 Å². The molecule has 0 radical (unpaired) electrons. The van der Waals surface area contributed by atoms with E-state index in [0.717, 1.165) is 16.6 Å². The van der Waals surface area contributed by atoms with Crippen LogP contribution in [0, 0.1) is 5.82 Å². The van der Waals surface area contributed by atoms with E-state index in [2.05, 4.69) is 5.32 Å². The van der Waals surface area contributed by atoms with Crippen LogP contribution in [-0.4, -0.2) is 25.5 Å². The minimum atomic E-state index is -0.518. The first kappa shape index (κ1) is 21.8. The van der Waals surface area contributed by atoms with Crippen molar-refractivity contribution in [2.75, 3.05) is 18.6 Å². The third kappa shape index (κ3) is 5.58. The molecule has 0 aliphatic heterocycles. The lowest BCUT2D eigenvalue weighted by Gasteiger charge is -2.23. The Hall–Kier alpha value is -2.90. The summed E-state index contributed by atoms with van der Waals surface area (Å²) in [6.45, 7) is 0.559. The maximum Gasteiger partial charge on any atom is 0.252 e. The third-order valence-electron chi connectivity index (χ3n) is 4.38. The Morgan fingerprint density at radius 1 is 1.17 bits per heavy atom. The van der Waals surface area contributed by atoms with Crippen LogP contribution in [0.3, 0.4) is 0 Å². The molecule has 0 spiro atoms. The van der Waals surface area contributed by atoms with Gasteiger partial charge < -0.3 is 15.0 Å². The number of hydrogen-bond donors (Lipinski definition) is 1. The lowest BCUT2D eigenvalue weighted by atomic mass is 10.2. The van der Waals surface area contributed by atoms with Crippen molar-refractivity contribution in [1.82, 2.24) is 5.32 Å². The second-order valence-corrected chi connectivity index (χ2v) is 7.83. The Kier molecular flexibility index (Phi) is 7.43. The SMILES string of the molecule is COc1ccc(N(Cc2cccs2)C(=O)CCNC(=O)c2ccc(F)cc2Cl)cc1. The number of anilines is 1. The molecule has 1 heterocycles. The average molecular weight is 447 g/mol. The minimum absolute atomic E-state index is 0.0244. The van der Waals surface area contributed by atoms with Crippen LogP contribution in [0.5, 0.6) is 5.75 Å². The highest BCUT2D eigenvalue weighted by molar-refractivity contribution is 7.09. The highest BCUT2D eigenvalue weighted by Crippen LogP contribution is 2.23. The predicted molar refractivity (Wildman–Crippen MR) is 117 cm³/mol. The number of amides is 2. The van der Waals surface area contributed by atoms with E-state index < -0.39 is 11.7 Å². The molecule has 1 aromatic heterocycles. The van der Waals surface area contributed by atoms with Crippen molar-refractivity contribution in [3.63, 3.8) is 0 Å². The van der Waals surface area contributed by atoms with Gasteiger partial charge in [-0.25, -0.2) is 4.39 Å². The number of halogens is 2. The van der Waals surface area contributed by atoms with E-state index in [-0.39, 0.29) is 29.5 Å². The van der Waals surface area contributed by atoms with Gasteiger partial charge in [-0.3, -0.25) is 9.59 Å². The lowest BCUT2D eigenvalue weighted by Crippen LogP contribution is -2.34. The fourth-order valence-corrected chi connectivity index (χ4v) is 3.78. The molecule has 3 rings (SSSR count). The summed E-state index contributed by atoms with van der Waals surface area (Å²) in [5.41, 5.74) is 0.901. The number of benzene rings is 2. The molecule has 2 amide bonds. The van der Waals surface area contributed by atoms with Crippen LogP contribution in [0.1, 0.15) is 21.7 Å². The number of carbonyl (C=O) groups excluding carboxylic acids is 2. The summed E-state index contributed by atoms with van der Waals surface area (Å²) < 4.78 is 18.3. The van der Waals surface area contributed by atoms with Gasteiger partial charge in [0.1, 0.15) is 11.6 Å². The van der Waals surface area contributed by atoms with Gasteiger partial charge in [0, 0.05) is 23.5 Å². The van der Waals surface area contributed by atoms with Gasteiger partial charge in [-0.15, -0.1) is 11.3 Å². The Bertz CT molecular complexity index is 1010. The molecule has 3 aromatic rings. The van der Waals surface area contributed by atoms with E-state index in [1.165, 1.54) is 12.1 Å². The smallest absolute Gasteiger partial charge is 0.252 e. The van der Waals surface area contributed by atoms with E-state index in [1.807, 2.05) is 29.6 Å². The number of thiophene rings is 1. The molecular weight excluding hydrogens is 427 g/mol. The second kappa shape index (κ2) is 10.2. The van der Waals surface area contributed by atoms with Crippen LogP contribution in [0.25, 0.3) is 0 Å². The van der Waals surface area contributed by atoms with Crippen molar-refractivity contribution in [1.29, 1.82) is 0 Å². The Balaban J connectivity index is 1.65. The zero-order valence-corrected chi connectivity index (χ0v) is 17.8. The topological polar surface area (TPSA) is 58.6 Å². The third-order valence-corrected chi connectivity index (χ3v) is 5.55. The van der Waals surface area contributed by atoms with Crippen molar-refractivity contribution in [3.05, 3.63) is 81.3 Å². The van der Waals surface area contributed by atoms with Gasteiger partial charge in [-0.05, 0) is 53.9 Å². The molecule has 5 nitrogen and oxygen atoms in total. The molecule has 2 aromatic carbocycles. The van der Waals surface area contributed by atoms with E-state index in [0.29, 0.717) is 12.3 Å². The Morgan fingerprint density at radius 3 is 2.57 bits per heavy atom. The molecule has 156 valence electrons. The zero-order valence-electron chi connectivity index (χ0n) is 16.2. The first-order chi connectivity index (χ1) is 14.5. The van der Waals surface area contributed by atoms with E-state index >= 15 is 0 Å². The minimum Gasteiger partial charge on any atom is -0.497 e. The summed E-state index contributed by atoms with van der Waals surface area (Å²) in [6, 6.07) is 14.7. The molecule has 8 heteroatoms. The van der Waals surface area contributed by atoms with Crippen molar-refractivity contribution in [2.24, 2.45) is 0 Å². The molecule has 1 N–H and O–H groups in total. The lowest BCUT2D eigenvalue weighted by molar-refractivity contribution is -0.118. The van der Waals surface area contributed by atoms with Crippen LogP contribution >= 0.6 is 22.9 Å². The number of nitrogens with zero attached hydrogens (tertiary/aromatic N) is 1. The highest BCUT2D eigenvalue weighted by atomic mass is 35.5. The number of ether oxygens (including phenoxy) is 1. The fraction of sp³-hybridized carbons (Fsp3) is 0.182. The largest absolute Gasteiger partial charge is 0.497 e. The van der Waals surface area contributed by atoms with E-state index in [9.17, 15) is 14.0 Å². The van der Waals surface area contributed by atoms with Gasteiger partial charge >= 0.3 is 0 Å².